The average Bonchev–Trinajstić information content (AvgIpc) is 2.37. The number of ketones is 1. The molecule has 1 heterocycles. The van der Waals surface area contributed by atoms with E-state index in [9.17, 15) is 4.79 Å². The zero-order valence-corrected chi connectivity index (χ0v) is 11.5. The van der Waals surface area contributed by atoms with Crippen molar-refractivity contribution < 1.29 is 4.79 Å². The lowest BCUT2D eigenvalue weighted by Crippen LogP contribution is -2.23. The van der Waals surface area contributed by atoms with Gasteiger partial charge < -0.3 is 5.32 Å². The van der Waals surface area contributed by atoms with Crippen LogP contribution >= 0.6 is 0 Å². The Morgan fingerprint density at radius 1 is 1.33 bits per heavy atom. The number of rotatable bonds is 5. The molecule has 0 saturated heterocycles. The first-order valence-corrected chi connectivity index (χ1v) is 7.02. The summed E-state index contributed by atoms with van der Waals surface area (Å²) in [6, 6.07) is 6.22. The van der Waals surface area contributed by atoms with Gasteiger partial charge in [-0.05, 0) is 42.5 Å². The van der Waals surface area contributed by atoms with Crippen molar-refractivity contribution in [2.75, 3.05) is 6.54 Å². The molecule has 1 aromatic carbocycles. The van der Waals surface area contributed by atoms with Crippen molar-refractivity contribution in [3.63, 3.8) is 0 Å². The zero-order valence-electron chi connectivity index (χ0n) is 11.5. The SMILES string of the molecule is CC(C)CCCC(=O)c1ccc2c(c1)CNCC2. The van der Waals surface area contributed by atoms with Gasteiger partial charge in [0.1, 0.15) is 0 Å². The maximum absolute atomic E-state index is 12.1. The molecule has 2 heteroatoms. The minimum atomic E-state index is 0.295. The number of Topliss-reactive ketones (excluding diaryl/α,β-unsaturated/α-hetero) is 1. The Bertz CT molecular complexity index is 423. The van der Waals surface area contributed by atoms with Crippen molar-refractivity contribution in [3.8, 4) is 0 Å². The van der Waals surface area contributed by atoms with Gasteiger partial charge in [-0.15, -0.1) is 0 Å². The van der Waals surface area contributed by atoms with Crippen LogP contribution in [0, 0.1) is 5.92 Å². The van der Waals surface area contributed by atoms with Gasteiger partial charge in [0, 0.05) is 18.5 Å². The number of carbonyl (C=O) groups excluding carboxylic acids is 1. The standard InChI is InChI=1S/C16H23NO/c1-12(2)4-3-5-16(18)14-7-6-13-8-9-17-11-15(13)10-14/h6-7,10,12,17H,3-5,8-9,11H2,1-2H3. The van der Waals surface area contributed by atoms with Gasteiger partial charge in [0.2, 0.25) is 0 Å². The van der Waals surface area contributed by atoms with Crippen molar-refractivity contribution in [2.45, 2.75) is 46.1 Å². The molecule has 2 nitrogen and oxygen atoms in total. The number of hydrogen-bond acceptors (Lipinski definition) is 2. The highest BCUT2D eigenvalue weighted by molar-refractivity contribution is 5.96. The van der Waals surface area contributed by atoms with Crippen LogP contribution in [0.2, 0.25) is 0 Å². The molecule has 1 aromatic rings. The summed E-state index contributed by atoms with van der Waals surface area (Å²) in [6.07, 6.45) is 3.91. The van der Waals surface area contributed by atoms with Gasteiger partial charge in [-0.25, -0.2) is 0 Å². The molecule has 0 bridgehead atoms. The minimum absolute atomic E-state index is 0.295. The molecule has 0 fully saturated rings. The maximum atomic E-state index is 12.1. The fourth-order valence-electron chi connectivity index (χ4n) is 2.47. The Balaban J connectivity index is 1.98. The highest BCUT2D eigenvalue weighted by atomic mass is 16.1. The fraction of sp³-hybridized carbons (Fsp3) is 0.562. The fourth-order valence-corrected chi connectivity index (χ4v) is 2.47. The summed E-state index contributed by atoms with van der Waals surface area (Å²) in [4.78, 5) is 12.1. The van der Waals surface area contributed by atoms with Crippen LogP contribution in [-0.4, -0.2) is 12.3 Å². The Morgan fingerprint density at radius 2 is 2.17 bits per heavy atom. The Hall–Kier alpha value is -1.15. The van der Waals surface area contributed by atoms with E-state index in [1.54, 1.807) is 0 Å². The third-order valence-corrected chi connectivity index (χ3v) is 3.60. The summed E-state index contributed by atoms with van der Waals surface area (Å²) >= 11 is 0. The van der Waals surface area contributed by atoms with Crippen LogP contribution < -0.4 is 5.32 Å². The second kappa shape index (κ2) is 6.14. The summed E-state index contributed by atoms with van der Waals surface area (Å²) in [5, 5.41) is 3.35. The molecular weight excluding hydrogens is 222 g/mol. The van der Waals surface area contributed by atoms with Gasteiger partial charge in [-0.2, -0.15) is 0 Å². The van der Waals surface area contributed by atoms with Crippen LogP contribution in [0.15, 0.2) is 18.2 Å². The molecule has 0 spiro atoms. The molecule has 1 aliphatic heterocycles. The predicted octanol–water partition coefficient (Wildman–Crippen LogP) is 3.34. The largest absolute Gasteiger partial charge is 0.312 e. The quantitative estimate of drug-likeness (QED) is 0.806. The number of fused-ring (bicyclic) bond motifs is 1. The Morgan fingerprint density at radius 3 is 2.94 bits per heavy atom. The van der Waals surface area contributed by atoms with Gasteiger partial charge in [0.15, 0.2) is 5.78 Å². The summed E-state index contributed by atoms with van der Waals surface area (Å²) in [7, 11) is 0. The number of nitrogens with one attached hydrogen (secondary N) is 1. The molecule has 98 valence electrons. The van der Waals surface area contributed by atoms with Crippen molar-refractivity contribution in [1.82, 2.24) is 5.32 Å². The van der Waals surface area contributed by atoms with E-state index in [1.165, 1.54) is 11.1 Å². The number of hydrogen-bond donors (Lipinski definition) is 1. The lowest BCUT2D eigenvalue weighted by atomic mass is 9.95. The van der Waals surface area contributed by atoms with Crippen LogP contribution in [0.4, 0.5) is 0 Å². The van der Waals surface area contributed by atoms with Crippen molar-refractivity contribution >= 4 is 5.78 Å². The van der Waals surface area contributed by atoms with E-state index in [0.29, 0.717) is 18.1 Å². The summed E-state index contributed by atoms with van der Waals surface area (Å²) < 4.78 is 0. The molecular formula is C16H23NO. The summed E-state index contributed by atoms with van der Waals surface area (Å²) in [5.74, 6) is 0.981. The van der Waals surface area contributed by atoms with Crippen molar-refractivity contribution in [3.05, 3.63) is 34.9 Å². The van der Waals surface area contributed by atoms with E-state index in [4.69, 9.17) is 0 Å². The van der Waals surface area contributed by atoms with Crippen molar-refractivity contribution in [1.29, 1.82) is 0 Å². The van der Waals surface area contributed by atoms with Crippen molar-refractivity contribution in [2.24, 2.45) is 5.92 Å². The summed E-state index contributed by atoms with van der Waals surface area (Å²) in [5.41, 5.74) is 3.59. The molecule has 0 aromatic heterocycles. The van der Waals surface area contributed by atoms with E-state index in [2.05, 4.69) is 31.3 Å². The average molecular weight is 245 g/mol. The molecule has 0 radical (unpaired) electrons. The number of benzene rings is 1. The lowest BCUT2D eigenvalue weighted by molar-refractivity contribution is 0.0978. The maximum Gasteiger partial charge on any atom is 0.162 e. The van der Waals surface area contributed by atoms with Crippen LogP contribution in [-0.2, 0) is 13.0 Å². The third kappa shape index (κ3) is 3.42. The van der Waals surface area contributed by atoms with Crippen LogP contribution in [0.25, 0.3) is 0 Å². The molecule has 0 atom stereocenters. The molecule has 0 saturated carbocycles. The van der Waals surface area contributed by atoms with Gasteiger partial charge in [0.25, 0.3) is 0 Å². The zero-order chi connectivity index (χ0) is 13.0. The first kappa shape index (κ1) is 13.3. The molecule has 18 heavy (non-hydrogen) atoms. The van der Waals surface area contributed by atoms with Crippen LogP contribution in [0.1, 0.15) is 54.6 Å². The first-order valence-electron chi connectivity index (χ1n) is 7.02. The summed E-state index contributed by atoms with van der Waals surface area (Å²) in [6.45, 7) is 6.36. The minimum Gasteiger partial charge on any atom is -0.312 e. The van der Waals surface area contributed by atoms with E-state index in [-0.39, 0.29) is 0 Å². The topological polar surface area (TPSA) is 29.1 Å². The van der Waals surface area contributed by atoms with Crippen LogP contribution in [0.3, 0.4) is 0 Å². The normalized spacial score (nSPS) is 14.6. The van der Waals surface area contributed by atoms with E-state index < -0.39 is 0 Å². The number of carbonyl (C=O) groups is 1. The predicted molar refractivity (Wildman–Crippen MR) is 74.9 cm³/mol. The molecule has 1 aliphatic rings. The lowest BCUT2D eigenvalue weighted by Gasteiger charge is -2.17. The molecule has 0 unspecified atom stereocenters. The van der Waals surface area contributed by atoms with Crippen LogP contribution in [0.5, 0.6) is 0 Å². The molecule has 0 aliphatic carbocycles. The molecule has 2 rings (SSSR count). The Labute approximate surface area is 110 Å². The molecule has 1 N–H and O–H groups in total. The smallest absolute Gasteiger partial charge is 0.162 e. The van der Waals surface area contributed by atoms with E-state index in [1.807, 2.05) is 6.07 Å². The van der Waals surface area contributed by atoms with E-state index in [0.717, 1.165) is 37.9 Å². The first-order chi connectivity index (χ1) is 8.66. The second-order valence-corrected chi connectivity index (χ2v) is 5.62. The van der Waals surface area contributed by atoms with Gasteiger partial charge in [-0.3, -0.25) is 4.79 Å². The second-order valence-electron chi connectivity index (χ2n) is 5.62. The van der Waals surface area contributed by atoms with E-state index >= 15 is 0 Å². The molecule has 0 amide bonds. The van der Waals surface area contributed by atoms with Gasteiger partial charge in [0.05, 0.1) is 0 Å². The highest BCUT2D eigenvalue weighted by Gasteiger charge is 2.12. The van der Waals surface area contributed by atoms with Gasteiger partial charge in [-0.1, -0.05) is 32.4 Å². The Kier molecular flexibility index (Phi) is 4.54. The van der Waals surface area contributed by atoms with Gasteiger partial charge >= 0.3 is 0 Å². The third-order valence-electron chi connectivity index (χ3n) is 3.60. The highest BCUT2D eigenvalue weighted by Crippen LogP contribution is 2.18. The monoisotopic (exact) mass is 245 g/mol.